The van der Waals surface area contributed by atoms with Crippen molar-refractivity contribution in [3.8, 4) is 5.75 Å². The Balaban J connectivity index is 1.83. The molecule has 0 aliphatic carbocycles. The van der Waals surface area contributed by atoms with E-state index < -0.39 is 0 Å². The lowest BCUT2D eigenvalue weighted by molar-refractivity contribution is 0.415. The second kappa shape index (κ2) is 9.64. The van der Waals surface area contributed by atoms with Crippen molar-refractivity contribution < 1.29 is 4.74 Å². The van der Waals surface area contributed by atoms with Gasteiger partial charge in [-0.2, -0.15) is 5.10 Å². The van der Waals surface area contributed by atoms with Crippen LogP contribution in [0.2, 0.25) is 0 Å². The lowest BCUT2D eigenvalue weighted by Gasteiger charge is -2.22. The quantitative estimate of drug-likeness (QED) is 0.418. The molecule has 26 heavy (non-hydrogen) atoms. The van der Waals surface area contributed by atoms with Crippen molar-refractivity contribution >= 4 is 46.1 Å². The van der Waals surface area contributed by atoms with Crippen LogP contribution < -0.4 is 25.9 Å². The van der Waals surface area contributed by atoms with Gasteiger partial charge in [0.25, 0.3) is 0 Å². The Morgan fingerprint density at radius 1 is 1.12 bits per heavy atom. The van der Waals surface area contributed by atoms with Gasteiger partial charge in [-0.1, -0.05) is 6.07 Å². The fourth-order valence-electron chi connectivity index (χ4n) is 1.91. The van der Waals surface area contributed by atoms with E-state index >= 15 is 0 Å². The Morgan fingerprint density at radius 2 is 1.85 bits per heavy atom. The fourth-order valence-corrected chi connectivity index (χ4v) is 2.17. The van der Waals surface area contributed by atoms with Crippen molar-refractivity contribution in [2.45, 2.75) is 6.92 Å². The van der Waals surface area contributed by atoms with Gasteiger partial charge in [0.1, 0.15) is 5.75 Å². The second-order valence-corrected chi connectivity index (χ2v) is 5.96. The van der Waals surface area contributed by atoms with Gasteiger partial charge in [0, 0.05) is 18.9 Å². The Hall–Kier alpha value is -2.78. The first-order valence-electron chi connectivity index (χ1n) is 7.70. The molecule has 0 amide bonds. The highest BCUT2D eigenvalue weighted by molar-refractivity contribution is 7.80. The number of rotatable bonds is 4. The van der Waals surface area contributed by atoms with E-state index in [9.17, 15) is 0 Å². The van der Waals surface area contributed by atoms with E-state index in [1.807, 2.05) is 56.4 Å². The predicted molar refractivity (Wildman–Crippen MR) is 112 cm³/mol. The number of nitrogens with zero attached hydrogens (tertiary/aromatic N) is 3. The average Bonchev–Trinajstić information content (AvgIpc) is 2.70. The van der Waals surface area contributed by atoms with Gasteiger partial charge in [0.05, 0.1) is 18.5 Å². The summed E-state index contributed by atoms with van der Waals surface area (Å²) >= 11 is 10.5. The highest BCUT2D eigenvalue weighted by atomic mass is 32.1. The maximum Gasteiger partial charge on any atom is 0.205 e. The average molecular weight is 389 g/mol. The Bertz CT molecular complexity index is 780. The molecule has 7 nitrogen and oxygen atoms in total. The first-order chi connectivity index (χ1) is 12.5. The van der Waals surface area contributed by atoms with E-state index in [2.05, 4.69) is 26.4 Å². The molecule has 1 heterocycles. The van der Waals surface area contributed by atoms with E-state index in [0.29, 0.717) is 10.8 Å². The van der Waals surface area contributed by atoms with Gasteiger partial charge < -0.3 is 9.64 Å². The molecule has 0 aliphatic heterocycles. The predicted octanol–water partition coefficient (Wildman–Crippen LogP) is 2.20. The molecule has 136 valence electrons. The van der Waals surface area contributed by atoms with E-state index in [1.54, 1.807) is 18.2 Å². The van der Waals surface area contributed by atoms with E-state index in [0.717, 1.165) is 17.1 Å². The zero-order valence-electron chi connectivity index (χ0n) is 14.7. The zero-order valence-corrected chi connectivity index (χ0v) is 16.3. The molecular weight excluding hydrogens is 368 g/mol. The number of pyridine rings is 1. The van der Waals surface area contributed by atoms with Crippen molar-refractivity contribution in [1.82, 2.24) is 21.3 Å². The molecule has 9 heteroatoms. The van der Waals surface area contributed by atoms with Crippen LogP contribution in [0.25, 0.3) is 0 Å². The number of hydrazone groups is 1. The largest absolute Gasteiger partial charge is 0.497 e. The number of hydrogen-bond donors (Lipinski definition) is 3. The van der Waals surface area contributed by atoms with Gasteiger partial charge in [-0.3, -0.25) is 21.3 Å². The Labute approximate surface area is 163 Å². The molecule has 1 aromatic carbocycles. The number of benzene rings is 1. The third-order valence-electron chi connectivity index (χ3n) is 3.41. The molecule has 0 radical (unpaired) electrons. The van der Waals surface area contributed by atoms with Gasteiger partial charge in [0.2, 0.25) is 5.11 Å². The van der Waals surface area contributed by atoms with Gasteiger partial charge in [-0.15, -0.1) is 0 Å². The molecule has 0 fully saturated rings. The molecule has 2 rings (SSSR count). The normalized spacial score (nSPS) is 10.7. The maximum atomic E-state index is 5.34. The van der Waals surface area contributed by atoms with E-state index in [4.69, 9.17) is 29.2 Å². The lowest BCUT2D eigenvalue weighted by Crippen LogP contribution is -2.50. The molecule has 1 aromatic heterocycles. The van der Waals surface area contributed by atoms with Crippen LogP contribution in [0.3, 0.4) is 0 Å². The van der Waals surface area contributed by atoms with Crippen LogP contribution in [0.1, 0.15) is 12.6 Å². The van der Waals surface area contributed by atoms with Crippen LogP contribution in [-0.2, 0) is 0 Å². The van der Waals surface area contributed by atoms with Gasteiger partial charge >= 0.3 is 0 Å². The molecular formula is C17H20N6OS2. The standard InChI is InChI=1S/C17H20N6OS2/c1-12(15-6-4-5-11-18-15)19-20-16(25)21-22-17(26)23(2)13-7-9-14(24-3)10-8-13/h4-11H,1-3H3,(H,22,26)(H2,20,21,25)/b19-12-. The summed E-state index contributed by atoms with van der Waals surface area (Å²) < 4.78 is 5.14. The summed E-state index contributed by atoms with van der Waals surface area (Å²) in [5, 5.41) is 4.92. The second-order valence-electron chi connectivity index (χ2n) is 5.17. The van der Waals surface area contributed by atoms with Crippen LogP contribution in [0.4, 0.5) is 5.69 Å². The first-order valence-corrected chi connectivity index (χ1v) is 8.52. The molecule has 0 aliphatic rings. The molecule has 3 N–H and O–H groups in total. The summed E-state index contributed by atoms with van der Waals surface area (Å²) in [5.41, 5.74) is 10.8. The summed E-state index contributed by atoms with van der Waals surface area (Å²) in [5.74, 6) is 0.783. The minimum atomic E-state index is 0.283. The summed E-state index contributed by atoms with van der Waals surface area (Å²) in [4.78, 5) is 6.01. The summed E-state index contributed by atoms with van der Waals surface area (Å²) in [7, 11) is 3.47. The van der Waals surface area contributed by atoms with Crippen molar-refractivity contribution in [3.05, 3.63) is 54.4 Å². The van der Waals surface area contributed by atoms with Crippen LogP contribution in [0.15, 0.2) is 53.8 Å². The van der Waals surface area contributed by atoms with E-state index in [-0.39, 0.29) is 5.11 Å². The monoisotopic (exact) mass is 388 g/mol. The molecule has 0 spiro atoms. The highest BCUT2D eigenvalue weighted by Gasteiger charge is 2.07. The number of aromatic nitrogens is 1. The number of hydrazine groups is 1. The number of thiocarbonyl (C=S) groups is 2. The minimum Gasteiger partial charge on any atom is -0.497 e. The first kappa shape index (κ1) is 19.5. The number of methoxy groups -OCH3 is 1. The van der Waals surface area contributed by atoms with Crippen LogP contribution in [-0.4, -0.2) is 35.1 Å². The van der Waals surface area contributed by atoms with Crippen LogP contribution in [0, 0.1) is 0 Å². The van der Waals surface area contributed by atoms with Crippen molar-refractivity contribution in [2.24, 2.45) is 5.10 Å². The third kappa shape index (κ3) is 5.64. The number of ether oxygens (including phenoxy) is 1. The van der Waals surface area contributed by atoms with Crippen molar-refractivity contribution in [3.63, 3.8) is 0 Å². The minimum absolute atomic E-state index is 0.283. The molecule has 2 aromatic rings. The Kier molecular flexibility index (Phi) is 7.24. The molecule has 0 saturated heterocycles. The summed E-state index contributed by atoms with van der Waals surface area (Å²) in [6, 6.07) is 13.2. The number of nitrogens with one attached hydrogen (secondary N) is 3. The summed E-state index contributed by atoms with van der Waals surface area (Å²) in [6.07, 6.45) is 1.71. The van der Waals surface area contributed by atoms with Crippen molar-refractivity contribution in [1.29, 1.82) is 0 Å². The number of hydrogen-bond acceptors (Lipinski definition) is 5. The zero-order chi connectivity index (χ0) is 18.9. The van der Waals surface area contributed by atoms with Crippen LogP contribution in [0.5, 0.6) is 5.75 Å². The topological polar surface area (TPSA) is 73.8 Å². The van der Waals surface area contributed by atoms with Gasteiger partial charge in [-0.05, 0) is 67.8 Å². The highest BCUT2D eigenvalue weighted by Crippen LogP contribution is 2.17. The van der Waals surface area contributed by atoms with Crippen molar-refractivity contribution in [2.75, 3.05) is 19.1 Å². The van der Waals surface area contributed by atoms with E-state index in [1.165, 1.54) is 0 Å². The maximum absolute atomic E-state index is 5.34. The fraction of sp³-hybridized carbons (Fsp3) is 0.176. The molecule has 0 atom stereocenters. The lowest BCUT2D eigenvalue weighted by atomic mass is 10.3. The molecule has 0 bridgehead atoms. The molecule has 0 saturated carbocycles. The smallest absolute Gasteiger partial charge is 0.205 e. The van der Waals surface area contributed by atoms with Gasteiger partial charge in [-0.25, -0.2) is 0 Å². The Morgan fingerprint density at radius 3 is 2.46 bits per heavy atom. The number of anilines is 1. The SMILES string of the molecule is COc1ccc(N(C)C(=S)NNC(=S)N/N=C(/C)c2ccccn2)cc1. The molecule has 0 unspecified atom stereocenters. The third-order valence-corrected chi connectivity index (χ3v) is 3.98. The summed E-state index contributed by atoms with van der Waals surface area (Å²) in [6.45, 7) is 1.84. The van der Waals surface area contributed by atoms with Crippen LogP contribution >= 0.6 is 24.4 Å². The van der Waals surface area contributed by atoms with Gasteiger partial charge in [0.15, 0.2) is 5.11 Å².